The second kappa shape index (κ2) is 7.33. The van der Waals surface area contributed by atoms with Crippen LogP contribution in [-0.2, 0) is 18.5 Å². The third-order valence-corrected chi connectivity index (χ3v) is 5.24. The summed E-state index contributed by atoms with van der Waals surface area (Å²) in [6, 6.07) is 12.6. The fourth-order valence-corrected chi connectivity index (χ4v) is 3.68. The zero-order valence-corrected chi connectivity index (χ0v) is 15.3. The molecule has 0 fully saturated rings. The van der Waals surface area contributed by atoms with E-state index < -0.39 is 11.7 Å². The molecule has 0 atom stereocenters. The van der Waals surface area contributed by atoms with Crippen LogP contribution in [0.3, 0.4) is 0 Å². The van der Waals surface area contributed by atoms with Crippen molar-refractivity contribution in [3.05, 3.63) is 71.7 Å². The number of nitrogens with zero attached hydrogens (tertiary/aromatic N) is 3. The third-order valence-electron chi connectivity index (χ3n) is 4.24. The predicted molar refractivity (Wildman–Crippen MR) is 100 cm³/mol. The van der Waals surface area contributed by atoms with Gasteiger partial charge in [0.1, 0.15) is 5.69 Å². The van der Waals surface area contributed by atoms with Crippen molar-refractivity contribution in [3.8, 4) is 5.69 Å². The molecular formula is C19H15F3N4OS. The molecule has 4 aromatic rings. The van der Waals surface area contributed by atoms with Crippen LogP contribution in [0.5, 0.6) is 0 Å². The summed E-state index contributed by atoms with van der Waals surface area (Å²) < 4.78 is 38.1. The summed E-state index contributed by atoms with van der Waals surface area (Å²) in [5.74, 6) is 0.479. The molecule has 28 heavy (non-hydrogen) atoms. The number of halogens is 3. The molecule has 2 heterocycles. The highest BCUT2D eigenvalue weighted by Gasteiger charge is 2.30. The molecule has 0 saturated carbocycles. The number of aliphatic hydroxyl groups excluding tert-OH is 1. The molecule has 2 aromatic carbocycles. The second-order valence-electron chi connectivity index (χ2n) is 6.10. The molecule has 0 amide bonds. The van der Waals surface area contributed by atoms with Gasteiger partial charge in [-0.15, -0.1) is 11.8 Å². The average Bonchev–Trinajstić information content (AvgIpc) is 3.32. The van der Waals surface area contributed by atoms with Crippen LogP contribution in [0.1, 0.15) is 17.0 Å². The average molecular weight is 404 g/mol. The van der Waals surface area contributed by atoms with Gasteiger partial charge < -0.3 is 10.1 Å². The van der Waals surface area contributed by atoms with E-state index in [1.165, 1.54) is 16.9 Å². The van der Waals surface area contributed by atoms with E-state index in [1.54, 1.807) is 11.8 Å². The Hall–Kier alpha value is -2.78. The molecule has 0 radical (unpaired) electrons. The van der Waals surface area contributed by atoms with Crippen molar-refractivity contribution in [1.82, 2.24) is 20.0 Å². The Labute approximate surface area is 162 Å². The number of aromatic amines is 1. The molecule has 0 saturated heterocycles. The van der Waals surface area contributed by atoms with Crippen LogP contribution >= 0.6 is 11.8 Å². The fraction of sp³-hybridized carbons (Fsp3) is 0.158. The number of H-pyrrole nitrogens is 1. The zero-order chi connectivity index (χ0) is 19.7. The summed E-state index contributed by atoms with van der Waals surface area (Å²) in [5, 5.41) is 19.2. The van der Waals surface area contributed by atoms with Crippen molar-refractivity contribution in [1.29, 1.82) is 0 Å². The monoisotopic (exact) mass is 404 g/mol. The Kier molecular flexibility index (Phi) is 4.86. The molecule has 9 heteroatoms. The number of aliphatic hydroxyl groups is 1. The first-order chi connectivity index (χ1) is 13.4. The summed E-state index contributed by atoms with van der Waals surface area (Å²) in [5.41, 5.74) is 1.69. The molecule has 0 bridgehead atoms. The van der Waals surface area contributed by atoms with Crippen LogP contribution in [0.15, 0.2) is 59.6 Å². The maximum atomic E-state index is 12.7. The van der Waals surface area contributed by atoms with Gasteiger partial charge in [0.05, 0.1) is 23.6 Å². The van der Waals surface area contributed by atoms with Gasteiger partial charge in [-0.05, 0) is 48.5 Å². The van der Waals surface area contributed by atoms with Crippen molar-refractivity contribution in [2.24, 2.45) is 0 Å². The SMILES string of the molecule is OCc1nn(-c2ccc(C(F)(F)F)cc2)nc1CSc1ccc2[nH]ccc2c1. The molecule has 144 valence electrons. The molecule has 0 spiro atoms. The lowest BCUT2D eigenvalue weighted by molar-refractivity contribution is -0.137. The van der Waals surface area contributed by atoms with Crippen molar-refractivity contribution in [2.75, 3.05) is 0 Å². The minimum Gasteiger partial charge on any atom is -0.390 e. The predicted octanol–water partition coefficient (Wildman–Crippen LogP) is 4.55. The van der Waals surface area contributed by atoms with E-state index in [0.29, 0.717) is 22.8 Å². The van der Waals surface area contributed by atoms with Gasteiger partial charge in [-0.1, -0.05) is 0 Å². The Balaban J connectivity index is 1.54. The van der Waals surface area contributed by atoms with Crippen LogP contribution in [0.25, 0.3) is 16.6 Å². The lowest BCUT2D eigenvalue weighted by Gasteiger charge is -2.06. The Morgan fingerprint density at radius 3 is 2.46 bits per heavy atom. The highest BCUT2D eigenvalue weighted by Crippen LogP contribution is 2.30. The first-order valence-corrected chi connectivity index (χ1v) is 9.36. The van der Waals surface area contributed by atoms with Gasteiger partial charge in [0.15, 0.2) is 0 Å². The number of nitrogens with one attached hydrogen (secondary N) is 1. The summed E-state index contributed by atoms with van der Waals surface area (Å²) in [6.07, 6.45) is -2.52. The quantitative estimate of drug-likeness (QED) is 0.479. The largest absolute Gasteiger partial charge is 0.416 e. The third kappa shape index (κ3) is 3.76. The van der Waals surface area contributed by atoms with Gasteiger partial charge in [0.25, 0.3) is 0 Å². The van der Waals surface area contributed by atoms with E-state index in [-0.39, 0.29) is 6.61 Å². The van der Waals surface area contributed by atoms with E-state index in [2.05, 4.69) is 21.2 Å². The standard InChI is InChI=1S/C19H15F3N4OS/c20-19(21,22)13-1-3-14(4-2-13)26-24-17(10-27)18(25-26)11-28-15-5-6-16-12(9-15)7-8-23-16/h1-9,23,27H,10-11H2. The maximum absolute atomic E-state index is 12.7. The fourth-order valence-electron chi connectivity index (χ4n) is 2.77. The number of benzene rings is 2. The molecule has 0 aliphatic rings. The van der Waals surface area contributed by atoms with Crippen molar-refractivity contribution in [3.63, 3.8) is 0 Å². The van der Waals surface area contributed by atoms with Crippen LogP contribution in [0.4, 0.5) is 13.2 Å². The van der Waals surface area contributed by atoms with Crippen molar-refractivity contribution >= 4 is 22.7 Å². The summed E-state index contributed by atoms with van der Waals surface area (Å²) in [7, 11) is 0. The highest BCUT2D eigenvalue weighted by atomic mass is 32.2. The zero-order valence-electron chi connectivity index (χ0n) is 14.4. The van der Waals surface area contributed by atoms with Crippen molar-refractivity contribution < 1.29 is 18.3 Å². The van der Waals surface area contributed by atoms with Gasteiger partial charge in [-0.2, -0.15) is 28.2 Å². The molecule has 0 unspecified atom stereocenters. The number of hydrogen-bond donors (Lipinski definition) is 2. The van der Waals surface area contributed by atoms with Gasteiger partial charge in [0.2, 0.25) is 0 Å². The minimum absolute atomic E-state index is 0.298. The normalized spacial score (nSPS) is 12.0. The summed E-state index contributed by atoms with van der Waals surface area (Å²) >= 11 is 1.55. The number of hydrogen-bond acceptors (Lipinski definition) is 4. The van der Waals surface area contributed by atoms with Gasteiger partial charge in [-0.3, -0.25) is 0 Å². The molecular weight excluding hydrogens is 389 g/mol. The van der Waals surface area contributed by atoms with E-state index in [4.69, 9.17) is 0 Å². The van der Waals surface area contributed by atoms with E-state index >= 15 is 0 Å². The molecule has 0 aliphatic heterocycles. The summed E-state index contributed by atoms with van der Waals surface area (Å²) in [4.78, 5) is 5.42. The van der Waals surface area contributed by atoms with Gasteiger partial charge in [0, 0.05) is 27.7 Å². The van der Waals surface area contributed by atoms with Gasteiger partial charge >= 0.3 is 6.18 Å². The lowest BCUT2D eigenvalue weighted by Crippen LogP contribution is -2.06. The first-order valence-electron chi connectivity index (χ1n) is 8.37. The highest BCUT2D eigenvalue weighted by molar-refractivity contribution is 7.98. The number of thioether (sulfide) groups is 1. The maximum Gasteiger partial charge on any atom is 0.416 e. The molecule has 5 nitrogen and oxygen atoms in total. The Morgan fingerprint density at radius 2 is 1.75 bits per heavy atom. The Morgan fingerprint density at radius 1 is 1.00 bits per heavy atom. The van der Waals surface area contributed by atoms with Crippen LogP contribution < -0.4 is 0 Å². The minimum atomic E-state index is -4.39. The molecule has 4 rings (SSSR count). The van der Waals surface area contributed by atoms with Crippen molar-refractivity contribution in [2.45, 2.75) is 23.4 Å². The van der Waals surface area contributed by atoms with Crippen LogP contribution in [0.2, 0.25) is 0 Å². The first kappa shape index (κ1) is 18.6. The van der Waals surface area contributed by atoms with E-state index in [9.17, 15) is 18.3 Å². The van der Waals surface area contributed by atoms with E-state index in [1.807, 2.05) is 24.4 Å². The lowest BCUT2D eigenvalue weighted by atomic mass is 10.2. The topological polar surface area (TPSA) is 66.7 Å². The van der Waals surface area contributed by atoms with Gasteiger partial charge in [-0.25, -0.2) is 0 Å². The van der Waals surface area contributed by atoms with Crippen LogP contribution in [0, 0.1) is 0 Å². The van der Waals surface area contributed by atoms with E-state index in [0.717, 1.165) is 27.9 Å². The molecule has 2 N–H and O–H groups in total. The number of rotatable bonds is 5. The second-order valence-corrected chi connectivity index (χ2v) is 7.15. The summed E-state index contributed by atoms with van der Waals surface area (Å²) in [6.45, 7) is -0.298. The molecule has 0 aliphatic carbocycles. The molecule has 2 aromatic heterocycles. The number of alkyl halides is 3. The Bertz CT molecular complexity index is 1100. The smallest absolute Gasteiger partial charge is 0.390 e. The van der Waals surface area contributed by atoms with Crippen LogP contribution in [-0.4, -0.2) is 25.1 Å². The number of aromatic nitrogens is 4. The number of fused-ring (bicyclic) bond motifs is 1.